The Kier molecular flexibility index (Phi) is 5.35. The zero-order chi connectivity index (χ0) is 19.7. The molecule has 7 heteroatoms. The van der Waals surface area contributed by atoms with Gasteiger partial charge in [0.25, 0.3) is 17.4 Å². The van der Waals surface area contributed by atoms with Crippen molar-refractivity contribution in [3.8, 4) is 0 Å². The van der Waals surface area contributed by atoms with Crippen LogP contribution in [0.25, 0.3) is 0 Å². The van der Waals surface area contributed by atoms with Gasteiger partial charge in [0, 0.05) is 36.8 Å². The molecule has 4 rings (SSSR count). The largest absolute Gasteiger partial charge is 0.337 e. The van der Waals surface area contributed by atoms with Gasteiger partial charge in [0.05, 0.1) is 4.88 Å². The highest BCUT2D eigenvalue weighted by atomic mass is 32.1. The molecule has 28 heavy (non-hydrogen) atoms. The molecule has 0 saturated carbocycles. The van der Waals surface area contributed by atoms with E-state index in [1.165, 1.54) is 11.3 Å². The number of hydrogen-bond acceptors (Lipinski definition) is 4. The van der Waals surface area contributed by atoms with Crippen molar-refractivity contribution in [2.24, 2.45) is 0 Å². The van der Waals surface area contributed by atoms with E-state index in [4.69, 9.17) is 0 Å². The summed E-state index contributed by atoms with van der Waals surface area (Å²) in [6.07, 6.45) is 4.67. The molecule has 2 aromatic heterocycles. The Hall–Kier alpha value is -2.41. The third kappa shape index (κ3) is 3.76. The molecule has 1 N–H and O–H groups in total. The van der Waals surface area contributed by atoms with E-state index in [-0.39, 0.29) is 22.9 Å². The monoisotopic (exact) mass is 399 g/mol. The molecule has 2 aromatic rings. The van der Waals surface area contributed by atoms with Gasteiger partial charge in [0.2, 0.25) is 0 Å². The molecule has 1 fully saturated rings. The zero-order valence-corrected chi connectivity index (χ0v) is 16.9. The van der Waals surface area contributed by atoms with Gasteiger partial charge in [-0.2, -0.15) is 0 Å². The molecule has 3 heterocycles. The van der Waals surface area contributed by atoms with Crippen LogP contribution in [0, 0.1) is 6.92 Å². The highest BCUT2D eigenvalue weighted by Gasteiger charge is 2.26. The van der Waals surface area contributed by atoms with Crippen molar-refractivity contribution < 1.29 is 9.59 Å². The van der Waals surface area contributed by atoms with E-state index < -0.39 is 0 Å². The molecule has 6 nitrogen and oxygen atoms in total. The van der Waals surface area contributed by atoms with Crippen LogP contribution in [0.5, 0.6) is 0 Å². The van der Waals surface area contributed by atoms with Crippen LogP contribution in [0.3, 0.4) is 0 Å². The first-order valence-electron chi connectivity index (χ1n) is 9.93. The number of thiophene rings is 1. The normalized spacial score (nSPS) is 17.2. The minimum atomic E-state index is -0.295. The second-order valence-corrected chi connectivity index (χ2v) is 8.86. The maximum atomic E-state index is 13.0. The van der Waals surface area contributed by atoms with Gasteiger partial charge in [0.15, 0.2) is 0 Å². The van der Waals surface area contributed by atoms with Crippen molar-refractivity contribution in [2.45, 2.75) is 39.0 Å². The molecule has 1 saturated heterocycles. The molecule has 2 amide bonds. The SMILES string of the molecule is Cc1ccc(C(=O)N2CCCN(C(=O)c3cc4c([nH]c3=O)CCCC4)CC2)s1. The first-order chi connectivity index (χ1) is 13.5. The van der Waals surface area contributed by atoms with Gasteiger partial charge < -0.3 is 14.8 Å². The summed E-state index contributed by atoms with van der Waals surface area (Å²) in [6, 6.07) is 5.61. The lowest BCUT2D eigenvalue weighted by molar-refractivity contribution is 0.0720. The number of pyridine rings is 1. The third-order valence-electron chi connectivity index (χ3n) is 5.59. The summed E-state index contributed by atoms with van der Waals surface area (Å²) in [7, 11) is 0. The predicted octanol–water partition coefficient (Wildman–Crippen LogP) is 2.61. The van der Waals surface area contributed by atoms with Gasteiger partial charge in [0.1, 0.15) is 5.56 Å². The number of hydrogen-bond donors (Lipinski definition) is 1. The van der Waals surface area contributed by atoms with Crippen LogP contribution in [0.1, 0.15) is 55.4 Å². The summed E-state index contributed by atoms with van der Waals surface area (Å²) < 4.78 is 0. The van der Waals surface area contributed by atoms with Crippen LogP contribution in [-0.2, 0) is 12.8 Å². The van der Waals surface area contributed by atoms with E-state index >= 15 is 0 Å². The molecule has 0 spiro atoms. The van der Waals surface area contributed by atoms with Crippen LogP contribution in [-0.4, -0.2) is 52.8 Å². The molecule has 1 aliphatic heterocycles. The van der Waals surface area contributed by atoms with Gasteiger partial charge in [-0.1, -0.05) is 0 Å². The first-order valence-corrected chi connectivity index (χ1v) is 10.7. The van der Waals surface area contributed by atoms with Gasteiger partial charge in [-0.15, -0.1) is 11.3 Å². The fourth-order valence-electron chi connectivity index (χ4n) is 4.03. The molecule has 0 atom stereocenters. The van der Waals surface area contributed by atoms with E-state index in [1.54, 1.807) is 11.0 Å². The van der Waals surface area contributed by atoms with Gasteiger partial charge in [-0.3, -0.25) is 14.4 Å². The summed E-state index contributed by atoms with van der Waals surface area (Å²) in [5.74, 6) is -0.199. The fourth-order valence-corrected chi connectivity index (χ4v) is 4.87. The van der Waals surface area contributed by atoms with Crippen LogP contribution < -0.4 is 5.56 Å². The Morgan fingerprint density at radius 2 is 1.68 bits per heavy atom. The minimum absolute atomic E-state index is 0.0269. The second kappa shape index (κ2) is 7.91. The van der Waals surface area contributed by atoms with Crippen LogP contribution in [0.4, 0.5) is 0 Å². The Morgan fingerprint density at radius 1 is 0.964 bits per heavy atom. The molecule has 2 aliphatic rings. The summed E-state index contributed by atoms with van der Waals surface area (Å²) in [5, 5.41) is 0. The lowest BCUT2D eigenvalue weighted by Crippen LogP contribution is -2.39. The molecule has 148 valence electrons. The number of amides is 2. The van der Waals surface area contributed by atoms with Crippen molar-refractivity contribution in [2.75, 3.05) is 26.2 Å². The number of carbonyl (C=O) groups excluding carboxylic acids is 2. The Bertz CT molecular complexity index is 962. The van der Waals surface area contributed by atoms with Crippen molar-refractivity contribution >= 4 is 23.2 Å². The minimum Gasteiger partial charge on any atom is -0.337 e. The Balaban J connectivity index is 1.48. The molecule has 0 aromatic carbocycles. The highest BCUT2D eigenvalue weighted by Crippen LogP contribution is 2.20. The Morgan fingerprint density at radius 3 is 2.39 bits per heavy atom. The average Bonchev–Trinajstić information content (AvgIpc) is 2.98. The van der Waals surface area contributed by atoms with Gasteiger partial charge in [-0.25, -0.2) is 0 Å². The van der Waals surface area contributed by atoms with E-state index in [2.05, 4.69) is 4.98 Å². The third-order valence-corrected chi connectivity index (χ3v) is 6.58. The topological polar surface area (TPSA) is 73.5 Å². The van der Waals surface area contributed by atoms with Gasteiger partial charge >= 0.3 is 0 Å². The summed E-state index contributed by atoms with van der Waals surface area (Å²) in [4.78, 5) is 46.5. The number of aromatic amines is 1. The maximum absolute atomic E-state index is 13.0. The number of nitrogens with one attached hydrogen (secondary N) is 1. The predicted molar refractivity (Wildman–Crippen MR) is 109 cm³/mol. The average molecular weight is 400 g/mol. The summed E-state index contributed by atoms with van der Waals surface area (Å²) >= 11 is 1.50. The van der Waals surface area contributed by atoms with Crippen molar-refractivity contribution in [3.05, 3.63) is 55.1 Å². The lowest BCUT2D eigenvalue weighted by atomic mass is 9.95. The number of H-pyrrole nitrogens is 1. The summed E-state index contributed by atoms with van der Waals surface area (Å²) in [6.45, 7) is 4.11. The molecular formula is C21H25N3O3S. The van der Waals surface area contributed by atoms with Crippen molar-refractivity contribution in [3.63, 3.8) is 0 Å². The number of fused-ring (bicyclic) bond motifs is 1. The molecule has 0 radical (unpaired) electrons. The zero-order valence-electron chi connectivity index (χ0n) is 16.1. The number of carbonyl (C=O) groups is 2. The van der Waals surface area contributed by atoms with E-state index in [1.807, 2.05) is 24.0 Å². The van der Waals surface area contributed by atoms with E-state index in [0.717, 1.165) is 46.7 Å². The number of aromatic nitrogens is 1. The van der Waals surface area contributed by atoms with Gasteiger partial charge in [-0.05, 0) is 62.8 Å². The molecule has 0 unspecified atom stereocenters. The first kappa shape index (κ1) is 18.9. The smallest absolute Gasteiger partial charge is 0.263 e. The molecular weight excluding hydrogens is 374 g/mol. The molecule has 1 aliphatic carbocycles. The summed E-state index contributed by atoms with van der Waals surface area (Å²) in [5.41, 5.74) is 2.01. The van der Waals surface area contributed by atoms with Crippen molar-refractivity contribution in [1.82, 2.24) is 14.8 Å². The van der Waals surface area contributed by atoms with E-state index in [9.17, 15) is 14.4 Å². The Labute approximate surface area is 168 Å². The van der Waals surface area contributed by atoms with E-state index in [0.29, 0.717) is 32.6 Å². The fraction of sp³-hybridized carbons (Fsp3) is 0.476. The van der Waals surface area contributed by atoms with Crippen LogP contribution >= 0.6 is 11.3 Å². The standard InChI is InChI=1S/C21H25N3O3S/c1-14-7-8-18(28-14)21(27)24-10-4-9-23(11-12-24)20(26)16-13-15-5-2-3-6-17(15)22-19(16)25/h7-8,13H,2-6,9-12H2,1H3,(H,22,25). The number of nitrogens with zero attached hydrogens (tertiary/aromatic N) is 2. The highest BCUT2D eigenvalue weighted by molar-refractivity contribution is 7.13. The maximum Gasteiger partial charge on any atom is 0.263 e. The van der Waals surface area contributed by atoms with Crippen molar-refractivity contribution in [1.29, 1.82) is 0 Å². The second-order valence-electron chi connectivity index (χ2n) is 7.57. The van der Waals surface area contributed by atoms with Crippen LogP contribution in [0.2, 0.25) is 0 Å². The molecule has 0 bridgehead atoms. The lowest BCUT2D eigenvalue weighted by Gasteiger charge is -2.22. The number of rotatable bonds is 2. The van der Waals surface area contributed by atoms with Crippen LogP contribution in [0.15, 0.2) is 23.0 Å². The number of aryl methyl sites for hydroxylation is 3. The quantitative estimate of drug-likeness (QED) is 0.844.